The second-order valence-electron chi connectivity index (χ2n) is 6.12. The van der Waals surface area contributed by atoms with Crippen molar-refractivity contribution in [2.24, 2.45) is 0 Å². The molecule has 0 bridgehead atoms. The van der Waals surface area contributed by atoms with Crippen molar-refractivity contribution in [2.45, 2.75) is 13.5 Å². The smallest absolute Gasteiger partial charge is 0.255 e. The standard InChI is InChI=1S/C20H21N3O3/c1-14-5-3-6-15-11-17(19(24)22-18(14)15)13-23(9-10-26-2)20(25)16-7-4-8-21-12-16/h3-8,11-12H,9-10,13H2,1-2H3,(H,22,24). The number of aromatic nitrogens is 2. The van der Waals surface area contributed by atoms with E-state index < -0.39 is 0 Å². The van der Waals surface area contributed by atoms with E-state index in [1.54, 1.807) is 30.3 Å². The number of rotatable bonds is 6. The second kappa shape index (κ2) is 7.93. The van der Waals surface area contributed by atoms with E-state index in [1.807, 2.05) is 31.2 Å². The number of carbonyl (C=O) groups excluding carboxylic acids is 1. The van der Waals surface area contributed by atoms with Crippen LogP contribution in [-0.4, -0.2) is 41.0 Å². The first-order chi connectivity index (χ1) is 12.6. The summed E-state index contributed by atoms with van der Waals surface area (Å²) in [5.74, 6) is -0.182. The molecule has 1 N–H and O–H groups in total. The normalized spacial score (nSPS) is 10.8. The first kappa shape index (κ1) is 17.8. The zero-order chi connectivity index (χ0) is 18.5. The van der Waals surface area contributed by atoms with Crippen LogP contribution in [0, 0.1) is 6.92 Å². The lowest BCUT2D eigenvalue weighted by molar-refractivity contribution is 0.0679. The maximum Gasteiger partial charge on any atom is 0.255 e. The third-order valence-corrected chi connectivity index (χ3v) is 4.29. The molecule has 26 heavy (non-hydrogen) atoms. The van der Waals surface area contributed by atoms with Gasteiger partial charge in [0.2, 0.25) is 0 Å². The average Bonchev–Trinajstić information content (AvgIpc) is 2.66. The Labute approximate surface area is 151 Å². The molecule has 2 heterocycles. The molecule has 0 aliphatic rings. The van der Waals surface area contributed by atoms with E-state index in [0.29, 0.717) is 24.3 Å². The topological polar surface area (TPSA) is 75.3 Å². The summed E-state index contributed by atoms with van der Waals surface area (Å²) in [5.41, 5.74) is 2.67. The van der Waals surface area contributed by atoms with Crippen molar-refractivity contribution in [1.82, 2.24) is 14.9 Å². The van der Waals surface area contributed by atoms with Gasteiger partial charge in [0, 0.05) is 31.6 Å². The Kier molecular flexibility index (Phi) is 5.43. The van der Waals surface area contributed by atoms with Crippen molar-refractivity contribution in [3.05, 3.63) is 75.8 Å². The molecule has 1 aromatic carbocycles. The lowest BCUT2D eigenvalue weighted by Gasteiger charge is -2.22. The quantitative estimate of drug-likeness (QED) is 0.740. The summed E-state index contributed by atoms with van der Waals surface area (Å²) < 4.78 is 5.12. The van der Waals surface area contributed by atoms with Crippen LogP contribution in [0.25, 0.3) is 10.9 Å². The number of para-hydroxylation sites is 1. The van der Waals surface area contributed by atoms with Crippen molar-refractivity contribution in [3.8, 4) is 0 Å². The van der Waals surface area contributed by atoms with E-state index in [0.717, 1.165) is 16.5 Å². The third-order valence-electron chi connectivity index (χ3n) is 4.29. The van der Waals surface area contributed by atoms with E-state index in [-0.39, 0.29) is 18.0 Å². The Morgan fingerprint density at radius 3 is 2.85 bits per heavy atom. The summed E-state index contributed by atoms with van der Waals surface area (Å²) in [4.78, 5) is 33.8. The van der Waals surface area contributed by atoms with Gasteiger partial charge in [-0.3, -0.25) is 14.6 Å². The molecule has 0 aliphatic heterocycles. The maximum absolute atomic E-state index is 12.8. The number of hydrogen-bond donors (Lipinski definition) is 1. The predicted octanol–water partition coefficient (Wildman–Crippen LogP) is 2.52. The highest BCUT2D eigenvalue weighted by Crippen LogP contribution is 2.16. The Bertz CT molecular complexity index is 967. The highest BCUT2D eigenvalue weighted by Gasteiger charge is 2.18. The van der Waals surface area contributed by atoms with Crippen molar-refractivity contribution < 1.29 is 9.53 Å². The number of fused-ring (bicyclic) bond motifs is 1. The average molecular weight is 351 g/mol. The van der Waals surface area contributed by atoms with Crippen LogP contribution >= 0.6 is 0 Å². The molecule has 0 saturated carbocycles. The molecule has 0 saturated heterocycles. The van der Waals surface area contributed by atoms with Gasteiger partial charge < -0.3 is 14.6 Å². The lowest BCUT2D eigenvalue weighted by atomic mass is 10.1. The zero-order valence-electron chi connectivity index (χ0n) is 14.9. The number of carbonyl (C=O) groups is 1. The van der Waals surface area contributed by atoms with Crippen LogP contribution in [0.4, 0.5) is 0 Å². The number of hydrogen-bond acceptors (Lipinski definition) is 4. The Morgan fingerprint density at radius 2 is 2.12 bits per heavy atom. The van der Waals surface area contributed by atoms with Crippen molar-refractivity contribution in [1.29, 1.82) is 0 Å². The number of nitrogens with one attached hydrogen (secondary N) is 1. The second-order valence-corrected chi connectivity index (χ2v) is 6.12. The number of methoxy groups -OCH3 is 1. The summed E-state index contributed by atoms with van der Waals surface area (Å²) in [6.45, 7) is 2.93. The van der Waals surface area contributed by atoms with Gasteiger partial charge in [-0.05, 0) is 36.1 Å². The van der Waals surface area contributed by atoms with Crippen LogP contribution in [0.15, 0.2) is 53.6 Å². The van der Waals surface area contributed by atoms with E-state index in [1.165, 1.54) is 6.20 Å². The first-order valence-electron chi connectivity index (χ1n) is 8.40. The minimum absolute atomic E-state index is 0.182. The van der Waals surface area contributed by atoms with Gasteiger partial charge in [0.15, 0.2) is 0 Å². The van der Waals surface area contributed by atoms with Crippen molar-refractivity contribution in [3.63, 3.8) is 0 Å². The molecule has 0 spiro atoms. The number of aromatic amines is 1. The molecule has 0 unspecified atom stereocenters. The molecule has 1 amide bonds. The fourth-order valence-electron chi connectivity index (χ4n) is 2.88. The van der Waals surface area contributed by atoms with Crippen LogP contribution in [-0.2, 0) is 11.3 Å². The van der Waals surface area contributed by atoms with Crippen molar-refractivity contribution >= 4 is 16.8 Å². The van der Waals surface area contributed by atoms with Gasteiger partial charge in [0.25, 0.3) is 11.5 Å². The fraction of sp³-hybridized carbons (Fsp3) is 0.250. The number of benzene rings is 1. The highest BCUT2D eigenvalue weighted by molar-refractivity contribution is 5.94. The fourth-order valence-corrected chi connectivity index (χ4v) is 2.88. The number of aryl methyl sites for hydroxylation is 1. The Hall–Kier alpha value is -2.99. The molecule has 6 nitrogen and oxygen atoms in total. The van der Waals surface area contributed by atoms with E-state index in [9.17, 15) is 9.59 Å². The van der Waals surface area contributed by atoms with Gasteiger partial charge in [-0.2, -0.15) is 0 Å². The van der Waals surface area contributed by atoms with Gasteiger partial charge in [0.05, 0.1) is 24.2 Å². The summed E-state index contributed by atoms with van der Waals surface area (Å²) in [5, 5.41) is 0.945. The largest absolute Gasteiger partial charge is 0.383 e. The van der Waals surface area contributed by atoms with Gasteiger partial charge in [-0.15, -0.1) is 0 Å². The van der Waals surface area contributed by atoms with E-state index in [4.69, 9.17) is 4.74 Å². The molecular formula is C20H21N3O3. The number of amides is 1. The van der Waals surface area contributed by atoms with Crippen LogP contribution in [0.3, 0.4) is 0 Å². The molecular weight excluding hydrogens is 330 g/mol. The summed E-state index contributed by atoms with van der Waals surface area (Å²) in [6.07, 6.45) is 3.14. The SMILES string of the molecule is COCCN(Cc1cc2cccc(C)c2[nH]c1=O)C(=O)c1cccnc1. The van der Waals surface area contributed by atoms with Crippen LogP contribution in [0.1, 0.15) is 21.5 Å². The third kappa shape index (κ3) is 3.81. The van der Waals surface area contributed by atoms with Crippen LogP contribution in [0.2, 0.25) is 0 Å². The molecule has 134 valence electrons. The lowest BCUT2D eigenvalue weighted by Crippen LogP contribution is -2.35. The molecule has 6 heteroatoms. The molecule has 3 aromatic rings. The summed E-state index contributed by atoms with van der Waals surface area (Å²) in [7, 11) is 1.58. The molecule has 0 aliphatic carbocycles. The van der Waals surface area contributed by atoms with Gasteiger partial charge in [0.1, 0.15) is 0 Å². The zero-order valence-corrected chi connectivity index (χ0v) is 14.9. The Morgan fingerprint density at radius 1 is 1.27 bits per heavy atom. The molecule has 0 atom stereocenters. The summed E-state index contributed by atoms with van der Waals surface area (Å²) >= 11 is 0. The Balaban J connectivity index is 1.94. The van der Waals surface area contributed by atoms with Crippen LogP contribution < -0.4 is 5.56 Å². The minimum atomic E-state index is -0.187. The minimum Gasteiger partial charge on any atom is -0.383 e. The molecule has 0 radical (unpaired) electrons. The predicted molar refractivity (Wildman–Crippen MR) is 100 cm³/mol. The monoisotopic (exact) mass is 351 g/mol. The number of H-pyrrole nitrogens is 1. The van der Waals surface area contributed by atoms with Crippen LogP contribution in [0.5, 0.6) is 0 Å². The van der Waals surface area contributed by atoms with Gasteiger partial charge >= 0.3 is 0 Å². The van der Waals surface area contributed by atoms with E-state index >= 15 is 0 Å². The highest BCUT2D eigenvalue weighted by atomic mass is 16.5. The molecule has 0 fully saturated rings. The van der Waals surface area contributed by atoms with Gasteiger partial charge in [-0.25, -0.2) is 0 Å². The maximum atomic E-state index is 12.8. The van der Waals surface area contributed by atoms with Crippen molar-refractivity contribution in [2.75, 3.05) is 20.3 Å². The van der Waals surface area contributed by atoms with E-state index in [2.05, 4.69) is 9.97 Å². The first-order valence-corrected chi connectivity index (χ1v) is 8.40. The molecule has 3 rings (SSSR count). The number of pyridine rings is 2. The molecule has 2 aromatic heterocycles. The summed E-state index contributed by atoms with van der Waals surface area (Å²) in [6, 6.07) is 11.1. The number of ether oxygens (including phenoxy) is 1. The van der Waals surface area contributed by atoms with Gasteiger partial charge in [-0.1, -0.05) is 18.2 Å². The number of nitrogens with zero attached hydrogens (tertiary/aromatic N) is 2.